The minimum Gasteiger partial charge on any atom is -0.464 e. The quantitative estimate of drug-likeness (QED) is 0.747. The third kappa shape index (κ3) is 2.42. The summed E-state index contributed by atoms with van der Waals surface area (Å²) in [5.41, 5.74) is 0. The van der Waals surface area contributed by atoms with Gasteiger partial charge in [0, 0.05) is 31.2 Å². The molecule has 14 heavy (non-hydrogen) atoms. The number of alkyl halides is 1. The summed E-state index contributed by atoms with van der Waals surface area (Å²) in [7, 11) is 0. The maximum Gasteiger partial charge on any atom is 0.273 e. The van der Waals surface area contributed by atoms with Crippen LogP contribution in [0.5, 0.6) is 5.19 Å². The van der Waals surface area contributed by atoms with Crippen molar-refractivity contribution in [1.82, 2.24) is 9.88 Å². The van der Waals surface area contributed by atoms with E-state index in [2.05, 4.69) is 9.88 Å². The van der Waals surface area contributed by atoms with E-state index in [9.17, 15) is 4.39 Å². The lowest BCUT2D eigenvalue weighted by atomic mass is 10.1. The first kappa shape index (κ1) is 9.86. The van der Waals surface area contributed by atoms with Gasteiger partial charge in [-0.1, -0.05) is 11.3 Å². The van der Waals surface area contributed by atoms with E-state index in [0.29, 0.717) is 6.42 Å². The Morgan fingerprint density at radius 2 is 2.50 bits per heavy atom. The highest BCUT2D eigenvalue weighted by atomic mass is 32.1. The van der Waals surface area contributed by atoms with Gasteiger partial charge in [-0.2, -0.15) is 0 Å². The number of ether oxygens (including phenoxy) is 1. The fourth-order valence-electron chi connectivity index (χ4n) is 1.47. The molecule has 2 heterocycles. The summed E-state index contributed by atoms with van der Waals surface area (Å²) in [5.74, 6) is 0. The van der Waals surface area contributed by atoms with E-state index >= 15 is 0 Å². The van der Waals surface area contributed by atoms with Gasteiger partial charge in [-0.05, 0) is 6.42 Å². The van der Waals surface area contributed by atoms with E-state index in [0.717, 1.165) is 24.8 Å². The van der Waals surface area contributed by atoms with Crippen LogP contribution in [0.4, 0.5) is 4.39 Å². The molecule has 0 aromatic carbocycles. The van der Waals surface area contributed by atoms with Crippen LogP contribution >= 0.6 is 11.3 Å². The molecule has 0 spiro atoms. The highest BCUT2D eigenvalue weighted by Crippen LogP contribution is 2.19. The molecule has 3 nitrogen and oxygen atoms in total. The predicted molar refractivity (Wildman–Crippen MR) is 53.6 cm³/mol. The van der Waals surface area contributed by atoms with Crippen molar-refractivity contribution >= 4 is 11.3 Å². The van der Waals surface area contributed by atoms with Gasteiger partial charge in [-0.25, -0.2) is 4.98 Å². The fraction of sp³-hybridized carbons (Fsp3) is 0.667. The van der Waals surface area contributed by atoms with Crippen LogP contribution in [-0.2, 0) is 0 Å². The first-order chi connectivity index (χ1) is 6.88. The van der Waals surface area contributed by atoms with Crippen molar-refractivity contribution in [3.63, 3.8) is 0 Å². The summed E-state index contributed by atoms with van der Waals surface area (Å²) in [6, 6.07) is 0. The second-order valence-electron chi connectivity index (χ2n) is 3.34. The number of thiazole rings is 1. The molecular formula is C9H13FN2OS. The first-order valence-electron chi connectivity index (χ1n) is 4.73. The smallest absolute Gasteiger partial charge is 0.273 e. The molecule has 0 aliphatic carbocycles. The zero-order chi connectivity index (χ0) is 9.80. The minimum atomic E-state index is -0.228. The van der Waals surface area contributed by atoms with Crippen molar-refractivity contribution in [2.75, 3.05) is 26.3 Å². The second-order valence-corrected chi connectivity index (χ2v) is 4.20. The Labute approximate surface area is 86.5 Å². The van der Waals surface area contributed by atoms with Crippen LogP contribution in [-0.4, -0.2) is 42.3 Å². The van der Waals surface area contributed by atoms with Crippen LogP contribution in [0.2, 0.25) is 0 Å². The third-order valence-corrected chi connectivity index (χ3v) is 2.87. The number of hydrogen-bond donors (Lipinski definition) is 0. The Kier molecular flexibility index (Phi) is 3.31. The van der Waals surface area contributed by atoms with Crippen LogP contribution in [0.15, 0.2) is 11.6 Å². The Hall–Kier alpha value is -0.680. The van der Waals surface area contributed by atoms with Crippen molar-refractivity contribution in [3.05, 3.63) is 11.6 Å². The summed E-state index contributed by atoms with van der Waals surface area (Å²) < 4.78 is 17.4. The number of hydrogen-bond acceptors (Lipinski definition) is 4. The third-order valence-electron chi connectivity index (χ3n) is 2.21. The lowest BCUT2D eigenvalue weighted by Gasteiger charge is -2.38. The number of halogens is 1. The highest BCUT2D eigenvalue weighted by Gasteiger charge is 2.28. The SMILES string of the molecule is FCCCN1CC(Oc2nccs2)C1. The van der Waals surface area contributed by atoms with Crippen molar-refractivity contribution < 1.29 is 9.13 Å². The van der Waals surface area contributed by atoms with Gasteiger partial charge in [0.05, 0.1) is 6.67 Å². The van der Waals surface area contributed by atoms with Crippen molar-refractivity contribution in [3.8, 4) is 5.19 Å². The lowest BCUT2D eigenvalue weighted by molar-refractivity contribution is 0.0183. The average Bonchev–Trinajstić information content (AvgIpc) is 2.61. The largest absolute Gasteiger partial charge is 0.464 e. The number of likely N-dealkylation sites (tertiary alicyclic amines) is 1. The highest BCUT2D eigenvalue weighted by molar-refractivity contribution is 7.11. The molecule has 0 N–H and O–H groups in total. The Morgan fingerprint density at radius 3 is 3.14 bits per heavy atom. The zero-order valence-corrected chi connectivity index (χ0v) is 8.67. The monoisotopic (exact) mass is 216 g/mol. The lowest BCUT2D eigenvalue weighted by Crippen LogP contribution is -2.53. The molecule has 1 aliphatic rings. The Bertz CT molecular complexity index is 262. The summed E-state index contributed by atoms with van der Waals surface area (Å²) in [4.78, 5) is 6.24. The van der Waals surface area contributed by atoms with Crippen molar-refractivity contribution in [1.29, 1.82) is 0 Å². The molecule has 0 radical (unpaired) electrons. The average molecular weight is 216 g/mol. The van der Waals surface area contributed by atoms with Gasteiger partial charge in [-0.3, -0.25) is 9.29 Å². The molecule has 2 rings (SSSR count). The van der Waals surface area contributed by atoms with Gasteiger partial charge in [0.2, 0.25) is 0 Å². The van der Waals surface area contributed by atoms with Crippen LogP contribution in [0.25, 0.3) is 0 Å². The van der Waals surface area contributed by atoms with Gasteiger partial charge >= 0.3 is 0 Å². The maximum absolute atomic E-state index is 11.8. The molecule has 0 atom stereocenters. The van der Waals surface area contributed by atoms with Crippen LogP contribution < -0.4 is 4.74 Å². The summed E-state index contributed by atoms with van der Waals surface area (Å²) in [6.45, 7) is 2.42. The molecular weight excluding hydrogens is 203 g/mol. The van der Waals surface area contributed by atoms with Crippen LogP contribution in [0, 0.1) is 0 Å². The Balaban J connectivity index is 1.63. The molecule has 0 saturated carbocycles. The van der Waals surface area contributed by atoms with E-state index in [1.807, 2.05) is 5.38 Å². The van der Waals surface area contributed by atoms with E-state index < -0.39 is 0 Å². The molecule has 1 aromatic rings. The summed E-state index contributed by atoms with van der Waals surface area (Å²) >= 11 is 1.51. The molecule has 0 amide bonds. The number of rotatable bonds is 5. The van der Waals surface area contributed by atoms with E-state index in [4.69, 9.17) is 4.74 Å². The molecule has 1 aromatic heterocycles. The van der Waals surface area contributed by atoms with Crippen molar-refractivity contribution in [2.45, 2.75) is 12.5 Å². The van der Waals surface area contributed by atoms with Gasteiger partial charge in [-0.15, -0.1) is 0 Å². The normalized spacial score (nSPS) is 18.1. The molecule has 78 valence electrons. The predicted octanol–water partition coefficient (Wildman–Crippen LogP) is 1.57. The Morgan fingerprint density at radius 1 is 1.64 bits per heavy atom. The molecule has 0 unspecified atom stereocenters. The molecule has 1 saturated heterocycles. The molecule has 5 heteroatoms. The molecule has 1 aliphatic heterocycles. The maximum atomic E-state index is 11.8. The van der Waals surface area contributed by atoms with Gasteiger partial charge < -0.3 is 4.74 Å². The number of nitrogens with zero attached hydrogens (tertiary/aromatic N) is 2. The molecule has 0 bridgehead atoms. The fourth-order valence-corrected chi connectivity index (χ4v) is 2.03. The molecule has 1 fully saturated rings. The zero-order valence-electron chi connectivity index (χ0n) is 7.86. The van der Waals surface area contributed by atoms with Gasteiger partial charge in [0.25, 0.3) is 5.19 Å². The van der Waals surface area contributed by atoms with Gasteiger partial charge in [0.1, 0.15) is 6.10 Å². The summed E-state index contributed by atoms with van der Waals surface area (Å²) in [5, 5.41) is 2.63. The van der Waals surface area contributed by atoms with Crippen LogP contribution in [0.3, 0.4) is 0 Å². The van der Waals surface area contributed by atoms with Crippen LogP contribution in [0.1, 0.15) is 6.42 Å². The van der Waals surface area contributed by atoms with E-state index in [-0.39, 0.29) is 12.8 Å². The minimum absolute atomic E-state index is 0.228. The topological polar surface area (TPSA) is 25.4 Å². The number of aromatic nitrogens is 1. The van der Waals surface area contributed by atoms with Gasteiger partial charge in [0.15, 0.2) is 0 Å². The van der Waals surface area contributed by atoms with E-state index in [1.165, 1.54) is 11.3 Å². The summed E-state index contributed by atoms with van der Waals surface area (Å²) in [6.07, 6.45) is 2.62. The van der Waals surface area contributed by atoms with Crippen molar-refractivity contribution in [2.24, 2.45) is 0 Å². The second kappa shape index (κ2) is 4.70. The standard InChI is InChI=1S/C9H13FN2OS/c10-2-1-4-12-6-8(7-12)13-9-11-3-5-14-9/h3,5,8H,1-2,4,6-7H2. The first-order valence-corrected chi connectivity index (χ1v) is 5.61. The van der Waals surface area contributed by atoms with E-state index in [1.54, 1.807) is 6.20 Å².